The van der Waals surface area contributed by atoms with Crippen molar-refractivity contribution in [2.24, 2.45) is 11.7 Å². The van der Waals surface area contributed by atoms with Gasteiger partial charge in [-0.2, -0.15) is 0 Å². The van der Waals surface area contributed by atoms with Crippen LogP contribution in [0, 0.1) is 5.92 Å². The smallest absolute Gasteiger partial charge is 0.0346 e. The van der Waals surface area contributed by atoms with Crippen LogP contribution in [0.4, 0.5) is 0 Å². The predicted molar refractivity (Wildman–Crippen MR) is 58.6 cm³/mol. The summed E-state index contributed by atoms with van der Waals surface area (Å²) in [7, 11) is 0. The molecule has 0 bridgehead atoms. The number of nitrogens with two attached hydrogens (primary N) is 1. The molecule has 1 saturated carbocycles. The van der Waals surface area contributed by atoms with Gasteiger partial charge < -0.3 is 5.73 Å². The fraction of sp³-hybridized carbons (Fsp3) is 0.538. The predicted octanol–water partition coefficient (Wildman–Crippen LogP) is 3.05. The molecule has 1 atom stereocenters. The summed E-state index contributed by atoms with van der Waals surface area (Å²) in [6.45, 7) is 0. The Morgan fingerprint density at radius 2 is 2.14 bits per heavy atom. The van der Waals surface area contributed by atoms with Crippen LogP contribution in [0.15, 0.2) is 34.6 Å². The normalized spacial score (nSPS) is 30.7. The molecule has 1 nitrogen and oxygen atoms in total. The Morgan fingerprint density at radius 3 is 3.07 bits per heavy atom. The van der Waals surface area contributed by atoms with Gasteiger partial charge in [-0.1, -0.05) is 29.7 Å². The lowest BCUT2D eigenvalue weighted by Gasteiger charge is -2.25. The SMILES string of the molecule is NC1=CCCC2=C1C=C1CCCCC12. The van der Waals surface area contributed by atoms with E-state index in [0.717, 1.165) is 18.0 Å². The molecule has 3 aliphatic carbocycles. The van der Waals surface area contributed by atoms with Gasteiger partial charge in [-0.3, -0.25) is 0 Å². The maximum atomic E-state index is 6.03. The molecule has 0 aromatic heterocycles. The first-order valence-electron chi connectivity index (χ1n) is 5.76. The molecule has 14 heavy (non-hydrogen) atoms. The van der Waals surface area contributed by atoms with E-state index in [9.17, 15) is 0 Å². The first-order valence-corrected chi connectivity index (χ1v) is 5.76. The molecule has 0 radical (unpaired) electrons. The fourth-order valence-corrected chi connectivity index (χ4v) is 3.14. The van der Waals surface area contributed by atoms with Crippen LogP contribution in [0.2, 0.25) is 0 Å². The number of allylic oxidation sites excluding steroid dienone is 4. The standard InChI is InChI=1S/C13H17N/c14-13-7-3-6-11-10-5-2-1-4-9(10)8-12(11)13/h7-8,10H,1-6,14H2. The lowest BCUT2D eigenvalue weighted by Crippen LogP contribution is -2.12. The first-order chi connectivity index (χ1) is 6.86. The van der Waals surface area contributed by atoms with Crippen LogP contribution in [0.3, 0.4) is 0 Å². The average molecular weight is 187 g/mol. The average Bonchev–Trinajstić information content (AvgIpc) is 2.59. The molecule has 0 aromatic rings. The first kappa shape index (κ1) is 8.34. The van der Waals surface area contributed by atoms with E-state index >= 15 is 0 Å². The summed E-state index contributed by atoms with van der Waals surface area (Å²) >= 11 is 0. The Labute approximate surface area is 85.4 Å². The van der Waals surface area contributed by atoms with Crippen molar-refractivity contribution in [2.45, 2.75) is 38.5 Å². The van der Waals surface area contributed by atoms with E-state index in [4.69, 9.17) is 5.73 Å². The lowest BCUT2D eigenvalue weighted by atomic mass is 9.80. The lowest BCUT2D eigenvalue weighted by molar-refractivity contribution is 0.497. The molecule has 1 fully saturated rings. The molecule has 0 heterocycles. The highest BCUT2D eigenvalue weighted by atomic mass is 14.6. The number of hydrogen-bond donors (Lipinski definition) is 1. The van der Waals surface area contributed by atoms with Crippen LogP contribution in [-0.4, -0.2) is 0 Å². The molecule has 74 valence electrons. The maximum absolute atomic E-state index is 6.03. The van der Waals surface area contributed by atoms with Gasteiger partial charge in [0, 0.05) is 11.6 Å². The minimum Gasteiger partial charge on any atom is -0.399 e. The summed E-state index contributed by atoms with van der Waals surface area (Å²) < 4.78 is 0. The topological polar surface area (TPSA) is 26.0 Å². The maximum Gasteiger partial charge on any atom is 0.0346 e. The highest BCUT2D eigenvalue weighted by Gasteiger charge is 2.30. The van der Waals surface area contributed by atoms with Gasteiger partial charge >= 0.3 is 0 Å². The second kappa shape index (κ2) is 3.01. The molecule has 1 unspecified atom stereocenters. The number of hydrogen-bond acceptors (Lipinski definition) is 1. The summed E-state index contributed by atoms with van der Waals surface area (Å²) in [5, 5.41) is 0. The van der Waals surface area contributed by atoms with Crippen molar-refractivity contribution in [3.63, 3.8) is 0 Å². The van der Waals surface area contributed by atoms with Gasteiger partial charge in [-0.25, -0.2) is 0 Å². The molecule has 1 heteroatoms. The summed E-state index contributed by atoms with van der Waals surface area (Å²) in [5.74, 6) is 0.783. The van der Waals surface area contributed by atoms with Crippen molar-refractivity contribution >= 4 is 0 Å². The van der Waals surface area contributed by atoms with Crippen molar-refractivity contribution in [2.75, 3.05) is 0 Å². The monoisotopic (exact) mass is 187 g/mol. The minimum atomic E-state index is 0.783. The van der Waals surface area contributed by atoms with Crippen molar-refractivity contribution in [1.29, 1.82) is 0 Å². The van der Waals surface area contributed by atoms with E-state index in [1.807, 2.05) is 0 Å². The molecule has 2 N–H and O–H groups in total. The molecule has 0 amide bonds. The highest BCUT2D eigenvalue weighted by molar-refractivity contribution is 5.53. The molecular weight excluding hydrogens is 170 g/mol. The molecule has 3 aliphatic rings. The van der Waals surface area contributed by atoms with E-state index in [-0.39, 0.29) is 0 Å². The number of fused-ring (bicyclic) bond motifs is 2. The molecule has 0 aromatic carbocycles. The summed E-state index contributed by atoms with van der Waals surface area (Å²) in [6, 6.07) is 0. The second-order valence-corrected chi connectivity index (χ2v) is 4.65. The van der Waals surface area contributed by atoms with Crippen LogP contribution in [0.25, 0.3) is 0 Å². The van der Waals surface area contributed by atoms with Crippen LogP contribution in [0.1, 0.15) is 38.5 Å². The third-order valence-electron chi connectivity index (χ3n) is 3.84. The van der Waals surface area contributed by atoms with Gasteiger partial charge in [0.05, 0.1) is 0 Å². The van der Waals surface area contributed by atoms with Crippen molar-refractivity contribution < 1.29 is 0 Å². The molecule has 3 rings (SSSR count). The number of rotatable bonds is 0. The molecular formula is C13H17N. The van der Waals surface area contributed by atoms with Gasteiger partial charge in [0.2, 0.25) is 0 Å². The Kier molecular flexibility index (Phi) is 1.79. The van der Waals surface area contributed by atoms with Crippen LogP contribution in [0.5, 0.6) is 0 Å². The van der Waals surface area contributed by atoms with Gasteiger partial charge in [-0.05, 0) is 37.7 Å². The molecule has 0 spiro atoms. The van der Waals surface area contributed by atoms with Gasteiger partial charge in [0.25, 0.3) is 0 Å². The van der Waals surface area contributed by atoms with Crippen molar-refractivity contribution in [3.05, 3.63) is 34.6 Å². The third kappa shape index (κ3) is 1.08. The Hall–Kier alpha value is -0.980. The van der Waals surface area contributed by atoms with Crippen molar-refractivity contribution in [3.8, 4) is 0 Å². The van der Waals surface area contributed by atoms with E-state index in [1.54, 1.807) is 11.1 Å². The Morgan fingerprint density at radius 1 is 1.21 bits per heavy atom. The van der Waals surface area contributed by atoms with E-state index in [0.29, 0.717) is 0 Å². The Balaban J connectivity index is 2.01. The van der Waals surface area contributed by atoms with Crippen LogP contribution in [-0.2, 0) is 0 Å². The molecule has 0 saturated heterocycles. The van der Waals surface area contributed by atoms with E-state index in [2.05, 4.69) is 12.2 Å². The third-order valence-corrected chi connectivity index (χ3v) is 3.84. The molecule has 0 aliphatic heterocycles. The second-order valence-electron chi connectivity index (χ2n) is 4.65. The zero-order chi connectivity index (χ0) is 9.54. The fourth-order valence-electron chi connectivity index (χ4n) is 3.14. The van der Waals surface area contributed by atoms with E-state index < -0.39 is 0 Å². The largest absolute Gasteiger partial charge is 0.399 e. The quantitative estimate of drug-likeness (QED) is 0.619. The van der Waals surface area contributed by atoms with Gasteiger partial charge in [-0.15, -0.1) is 0 Å². The van der Waals surface area contributed by atoms with E-state index in [1.165, 1.54) is 37.7 Å². The van der Waals surface area contributed by atoms with Crippen LogP contribution < -0.4 is 5.73 Å². The summed E-state index contributed by atoms with van der Waals surface area (Å²) in [6.07, 6.45) is 12.4. The zero-order valence-electron chi connectivity index (χ0n) is 8.55. The van der Waals surface area contributed by atoms with Gasteiger partial charge in [0.15, 0.2) is 0 Å². The summed E-state index contributed by atoms with van der Waals surface area (Å²) in [4.78, 5) is 0. The van der Waals surface area contributed by atoms with Crippen molar-refractivity contribution in [1.82, 2.24) is 0 Å². The Bertz CT molecular complexity index is 357. The summed E-state index contributed by atoms with van der Waals surface area (Å²) in [5.41, 5.74) is 11.8. The minimum absolute atomic E-state index is 0.783. The zero-order valence-corrected chi connectivity index (χ0v) is 8.55. The highest BCUT2D eigenvalue weighted by Crippen LogP contribution is 2.45. The van der Waals surface area contributed by atoms with Gasteiger partial charge in [0.1, 0.15) is 0 Å². The van der Waals surface area contributed by atoms with Crippen LogP contribution >= 0.6 is 0 Å².